The Morgan fingerprint density at radius 1 is 1.05 bits per heavy atom. The summed E-state index contributed by atoms with van der Waals surface area (Å²) in [5.74, 6) is 0.278. The summed E-state index contributed by atoms with van der Waals surface area (Å²) in [6.45, 7) is 9.07. The molecule has 0 bridgehead atoms. The van der Waals surface area contributed by atoms with Gasteiger partial charge in [0.15, 0.2) is 11.0 Å². The monoisotopic (exact) mass is 568 g/mol. The number of carbonyl (C=O) groups excluding carboxylic acids is 2. The fourth-order valence-electron chi connectivity index (χ4n) is 4.18. The predicted molar refractivity (Wildman–Crippen MR) is 158 cm³/mol. The second-order valence-corrected chi connectivity index (χ2v) is 11.8. The molecule has 1 amide bonds. The molecule has 0 aliphatic carbocycles. The molecule has 3 heterocycles. The van der Waals surface area contributed by atoms with E-state index in [1.807, 2.05) is 37.4 Å². The smallest absolute Gasteiger partial charge is 0.341 e. The van der Waals surface area contributed by atoms with Crippen LogP contribution in [0.4, 0.5) is 5.00 Å². The highest BCUT2D eigenvalue weighted by atomic mass is 32.2. The van der Waals surface area contributed by atoms with E-state index in [2.05, 4.69) is 45.4 Å². The van der Waals surface area contributed by atoms with Crippen molar-refractivity contribution in [2.75, 3.05) is 18.2 Å². The molecule has 1 N–H and O–H groups in total. The Labute approximate surface area is 235 Å². The summed E-state index contributed by atoms with van der Waals surface area (Å²) in [5.41, 5.74) is 5.29. The van der Waals surface area contributed by atoms with Gasteiger partial charge in [-0.2, -0.15) is 0 Å². The lowest BCUT2D eigenvalue weighted by Gasteiger charge is -2.10. The first-order chi connectivity index (χ1) is 18.4. The number of benzene rings is 1. The standard InChI is InChI=1S/C28H32N4O3S3/c1-6-8-20-13-19(14-36-20)25-30-31-28(32(25)11-7-2)38-16-23(33)29-26-24(27(34)35-5)22(15-37-26)21-12-17(3)9-10-18(21)4/h9-10,12-15H,6-8,11,16H2,1-5H3,(H,29,33). The van der Waals surface area contributed by atoms with Crippen molar-refractivity contribution in [3.8, 4) is 22.5 Å². The van der Waals surface area contributed by atoms with E-state index >= 15 is 0 Å². The second-order valence-electron chi connectivity index (χ2n) is 9.01. The summed E-state index contributed by atoms with van der Waals surface area (Å²) in [6.07, 6.45) is 3.08. The molecule has 4 aromatic rings. The number of carbonyl (C=O) groups is 2. The highest BCUT2D eigenvalue weighted by Crippen LogP contribution is 2.38. The lowest BCUT2D eigenvalue weighted by molar-refractivity contribution is -0.113. The summed E-state index contributed by atoms with van der Waals surface area (Å²) in [4.78, 5) is 27.1. The third-order valence-corrected chi connectivity index (χ3v) is 8.88. The molecule has 0 spiro atoms. The quantitative estimate of drug-likeness (QED) is 0.152. The van der Waals surface area contributed by atoms with Gasteiger partial charge < -0.3 is 14.6 Å². The molecule has 0 unspecified atom stereocenters. The Kier molecular flexibility index (Phi) is 9.40. The Bertz CT molecular complexity index is 1440. The fraction of sp³-hybridized carbons (Fsp3) is 0.357. The first-order valence-electron chi connectivity index (χ1n) is 12.6. The number of rotatable bonds is 11. The minimum absolute atomic E-state index is 0.143. The number of ether oxygens (including phenoxy) is 1. The van der Waals surface area contributed by atoms with Crippen molar-refractivity contribution in [3.05, 3.63) is 56.6 Å². The molecule has 7 nitrogen and oxygen atoms in total. The first-order valence-corrected chi connectivity index (χ1v) is 15.3. The molecule has 1 aromatic carbocycles. The van der Waals surface area contributed by atoms with Gasteiger partial charge in [0.1, 0.15) is 10.6 Å². The van der Waals surface area contributed by atoms with Gasteiger partial charge in [-0.25, -0.2) is 4.79 Å². The van der Waals surface area contributed by atoms with Crippen LogP contribution in [-0.4, -0.2) is 39.5 Å². The maximum Gasteiger partial charge on any atom is 0.341 e. The molecule has 0 fully saturated rings. The molecular formula is C28H32N4O3S3. The van der Waals surface area contributed by atoms with Gasteiger partial charge in [-0.15, -0.1) is 32.9 Å². The number of nitrogens with zero attached hydrogens (tertiary/aromatic N) is 3. The number of esters is 1. The van der Waals surface area contributed by atoms with Crippen LogP contribution in [-0.2, 0) is 22.5 Å². The number of anilines is 1. The van der Waals surface area contributed by atoms with Crippen LogP contribution in [0.15, 0.2) is 40.2 Å². The molecule has 4 rings (SSSR count). The van der Waals surface area contributed by atoms with Crippen LogP contribution in [0.5, 0.6) is 0 Å². The van der Waals surface area contributed by atoms with E-state index in [0.29, 0.717) is 15.7 Å². The average Bonchev–Trinajstić information content (AvgIpc) is 3.63. The third-order valence-electron chi connectivity index (χ3n) is 6.02. The van der Waals surface area contributed by atoms with Gasteiger partial charge in [0.05, 0.1) is 12.9 Å². The number of amides is 1. The van der Waals surface area contributed by atoms with Crippen LogP contribution < -0.4 is 5.32 Å². The molecule has 3 aromatic heterocycles. The van der Waals surface area contributed by atoms with Gasteiger partial charge in [0.2, 0.25) is 5.91 Å². The molecule has 0 saturated heterocycles. The Hall–Kier alpha value is -2.95. The van der Waals surface area contributed by atoms with Crippen molar-refractivity contribution < 1.29 is 14.3 Å². The van der Waals surface area contributed by atoms with E-state index in [1.54, 1.807) is 11.3 Å². The van der Waals surface area contributed by atoms with Gasteiger partial charge >= 0.3 is 5.97 Å². The molecule has 200 valence electrons. The summed E-state index contributed by atoms with van der Waals surface area (Å²) in [7, 11) is 1.35. The highest BCUT2D eigenvalue weighted by Gasteiger charge is 2.24. The van der Waals surface area contributed by atoms with Crippen molar-refractivity contribution in [3.63, 3.8) is 0 Å². The number of methoxy groups -OCH3 is 1. The maximum atomic E-state index is 13.0. The van der Waals surface area contributed by atoms with Gasteiger partial charge in [-0.1, -0.05) is 55.8 Å². The normalized spacial score (nSPS) is 11.1. The number of aryl methyl sites for hydroxylation is 3. The fourth-order valence-corrected chi connectivity index (χ4v) is 6.88. The number of nitrogens with one attached hydrogen (secondary N) is 1. The van der Waals surface area contributed by atoms with E-state index < -0.39 is 5.97 Å². The summed E-state index contributed by atoms with van der Waals surface area (Å²) >= 11 is 4.41. The van der Waals surface area contributed by atoms with Crippen molar-refractivity contribution >= 4 is 51.3 Å². The van der Waals surface area contributed by atoms with Crippen LogP contribution in [0.1, 0.15) is 53.1 Å². The molecule has 0 saturated carbocycles. The molecule has 0 atom stereocenters. The van der Waals surface area contributed by atoms with Crippen molar-refractivity contribution in [1.82, 2.24) is 14.8 Å². The van der Waals surface area contributed by atoms with Crippen LogP contribution in [0.2, 0.25) is 0 Å². The van der Waals surface area contributed by atoms with Crippen LogP contribution in [0.3, 0.4) is 0 Å². The maximum absolute atomic E-state index is 13.0. The number of hydrogen-bond acceptors (Lipinski definition) is 8. The van der Waals surface area contributed by atoms with Crippen LogP contribution in [0, 0.1) is 13.8 Å². The predicted octanol–water partition coefficient (Wildman–Crippen LogP) is 7.23. The van der Waals surface area contributed by atoms with E-state index in [4.69, 9.17) is 4.74 Å². The van der Waals surface area contributed by atoms with Gasteiger partial charge in [0.25, 0.3) is 0 Å². The molecule has 0 radical (unpaired) electrons. The van der Waals surface area contributed by atoms with E-state index in [1.165, 1.54) is 35.1 Å². The zero-order valence-electron chi connectivity index (χ0n) is 22.3. The molecular weight excluding hydrogens is 537 g/mol. The number of hydrogen-bond donors (Lipinski definition) is 1. The molecule has 38 heavy (non-hydrogen) atoms. The summed E-state index contributed by atoms with van der Waals surface area (Å²) < 4.78 is 7.16. The zero-order chi connectivity index (χ0) is 27.2. The van der Waals surface area contributed by atoms with Crippen LogP contribution in [0.25, 0.3) is 22.5 Å². The van der Waals surface area contributed by atoms with E-state index in [-0.39, 0.29) is 11.7 Å². The largest absolute Gasteiger partial charge is 0.465 e. The van der Waals surface area contributed by atoms with Crippen LogP contribution >= 0.6 is 34.4 Å². The topological polar surface area (TPSA) is 86.1 Å². The van der Waals surface area contributed by atoms with Gasteiger partial charge in [0, 0.05) is 33.3 Å². The Morgan fingerprint density at radius 3 is 2.61 bits per heavy atom. The van der Waals surface area contributed by atoms with E-state index in [9.17, 15) is 9.59 Å². The Morgan fingerprint density at radius 2 is 1.87 bits per heavy atom. The van der Waals surface area contributed by atoms with Gasteiger partial charge in [-0.3, -0.25) is 4.79 Å². The lowest BCUT2D eigenvalue weighted by Crippen LogP contribution is -2.16. The zero-order valence-corrected chi connectivity index (χ0v) is 24.7. The third kappa shape index (κ3) is 6.19. The second kappa shape index (κ2) is 12.7. The minimum Gasteiger partial charge on any atom is -0.465 e. The average molecular weight is 569 g/mol. The first kappa shape index (κ1) is 28.1. The Balaban J connectivity index is 1.52. The van der Waals surface area contributed by atoms with Crippen molar-refractivity contribution in [2.24, 2.45) is 0 Å². The van der Waals surface area contributed by atoms with Crippen molar-refractivity contribution in [1.29, 1.82) is 0 Å². The van der Waals surface area contributed by atoms with Gasteiger partial charge in [-0.05, 0) is 43.9 Å². The van der Waals surface area contributed by atoms with E-state index in [0.717, 1.165) is 59.4 Å². The number of aromatic nitrogens is 3. The molecule has 10 heteroatoms. The number of thioether (sulfide) groups is 1. The highest BCUT2D eigenvalue weighted by molar-refractivity contribution is 7.99. The SMILES string of the molecule is CCCc1cc(-c2nnc(SCC(=O)Nc3scc(-c4cc(C)ccc4C)c3C(=O)OC)n2CCC)cs1. The minimum atomic E-state index is -0.476. The number of thiophene rings is 2. The molecule has 0 aliphatic heterocycles. The van der Waals surface area contributed by atoms with Crippen molar-refractivity contribution in [2.45, 2.75) is 58.7 Å². The lowest BCUT2D eigenvalue weighted by atomic mass is 9.97. The summed E-state index contributed by atoms with van der Waals surface area (Å²) in [5, 5.41) is 17.0. The molecule has 0 aliphatic rings. The summed E-state index contributed by atoms with van der Waals surface area (Å²) in [6, 6.07) is 8.29.